The molecule has 2 aromatic heterocycles. The van der Waals surface area contributed by atoms with Gasteiger partial charge in [0.2, 0.25) is 0 Å². The Balaban J connectivity index is 1.48. The molecule has 1 unspecified atom stereocenters. The highest BCUT2D eigenvalue weighted by Crippen LogP contribution is 2.27. The van der Waals surface area contributed by atoms with E-state index in [-0.39, 0.29) is 12.0 Å². The van der Waals surface area contributed by atoms with Crippen molar-refractivity contribution in [2.75, 3.05) is 19.7 Å². The van der Waals surface area contributed by atoms with Gasteiger partial charge in [-0.15, -0.1) is 0 Å². The van der Waals surface area contributed by atoms with Gasteiger partial charge in [0.15, 0.2) is 0 Å². The molecule has 0 spiro atoms. The van der Waals surface area contributed by atoms with E-state index >= 15 is 0 Å². The maximum atomic E-state index is 13.2. The Labute approximate surface area is 167 Å². The summed E-state index contributed by atoms with van der Waals surface area (Å²) in [5.74, 6) is 1.36. The third kappa shape index (κ3) is 4.26. The first-order chi connectivity index (χ1) is 13.7. The molecule has 1 aromatic carbocycles. The van der Waals surface area contributed by atoms with E-state index in [0.717, 1.165) is 17.0 Å². The summed E-state index contributed by atoms with van der Waals surface area (Å²) in [5, 5.41) is 4.71. The Morgan fingerprint density at radius 1 is 1.25 bits per heavy atom. The maximum absolute atomic E-state index is 13.2. The molecule has 1 amide bonds. The Bertz CT molecular complexity index is 945. The van der Waals surface area contributed by atoms with Gasteiger partial charge in [-0.3, -0.25) is 4.79 Å². The van der Waals surface area contributed by atoms with Gasteiger partial charge in [-0.1, -0.05) is 47.3 Å². The average molecular weight is 395 g/mol. The molecule has 1 saturated heterocycles. The zero-order chi connectivity index (χ0) is 19.3. The number of hydrogen-bond acceptors (Lipinski definition) is 6. The molecule has 1 aliphatic heterocycles. The second-order valence-corrected chi connectivity index (χ2v) is 7.56. The average Bonchev–Trinajstić information content (AvgIpc) is 3.18. The van der Waals surface area contributed by atoms with Crippen molar-refractivity contribution in [1.82, 2.24) is 15.0 Å². The molecule has 28 heavy (non-hydrogen) atoms. The standard InChI is InChI=1S/C21H21N3O3S/c1-15-12-17(23-27-15)14-28-20-18(8-5-9-22-20)21(25)24-10-11-26-19(13-24)16-6-3-2-4-7-16/h2-9,12,19H,10-11,13-14H2,1H3. The van der Waals surface area contributed by atoms with Gasteiger partial charge < -0.3 is 14.2 Å². The third-order valence-corrected chi connectivity index (χ3v) is 5.60. The van der Waals surface area contributed by atoms with Crippen molar-refractivity contribution in [3.63, 3.8) is 0 Å². The highest BCUT2D eigenvalue weighted by atomic mass is 32.2. The zero-order valence-corrected chi connectivity index (χ0v) is 16.4. The van der Waals surface area contributed by atoms with Gasteiger partial charge in [0.05, 0.1) is 24.4 Å². The topological polar surface area (TPSA) is 68.5 Å². The summed E-state index contributed by atoms with van der Waals surface area (Å²) in [6, 6.07) is 15.5. The number of pyridine rings is 1. The molecule has 1 aliphatic rings. The summed E-state index contributed by atoms with van der Waals surface area (Å²) in [7, 11) is 0. The van der Waals surface area contributed by atoms with E-state index in [1.165, 1.54) is 11.8 Å². The van der Waals surface area contributed by atoms with Crippen LogP contribution in [-0.2, 0) is 10.5 Å². The third-order valence-electron chi connectivity index (χ3n) is 4.56. The van der Waals surface area contributed by atoms with Crippen molar-refractivity contribution >= 4 is 17.7 Å². The summed E-state index contributed by atoms with van der Waals surface area (Å²) >= 11 is 1.49. The fraction of sp³-hybridized carbons (Fsp3) is 0.286. The van der Waals surface area contributed by atoms with Crippen molar-refractivity contribution in [2.24, 2.45) is 0 Å². The predicted molar refractivity (Wildman–Crippen MR) is 106 cm³/mol. The van der Waals surface area contributed by atoms with Gasteiger partial charge in [0.25, 0.3) is 5.91 Å². The molecule has 3 heterocycles. The van der Waals surface area contributed by atoms with Crippen LogP contribution in [0.5, 0.6) is 0 Å². The number of morpholine rings is 1. The Kier molecular flexibility index (Phi) is 5.73. The van der Waals surface area contributed by atoms with E-state index in [9.17, 15) is 4.79 Å². The molecule has 0 bridgehead atoms. The van der Waals surface area contributed by atoms with Crippen LogP contribution in [0.15, 0.2) is 64.3 Å². The molecule has 0 radical (unpaired) electrons. The van der Waals surface area contributed by atoms with Gasteiger partial charge in [-0.25, -0.2) is 4.98 Å². The fourth-order valence-electron chi connectivity index (χ4n) is 3.17. The van der Waals surface area contributed by atoms with Crippen molar-refractivity contribution in [1.29, 1.82) is 0 Å². The van der Waals surface area contributed by atoms with Gasteiger partial charge >= 0.3 is 0 Å². The Morgan fingerprint density at radius 2 is 2.11 bits per heavy atom. The van der Waals surface area contributed by atoms with Crippen LogP contribution in [0.2, 0.25) is 0 Å². The number of aryl methyl sites for hydroxylation is 1. The van der Waals surface area contributed by atoms with Gasteiger partial charge in [-0.2, -0.15) is 0 Å². The maximum Gasteiger partial charge on any atom is 0.256 e. The second kappa shape index (κ2) is 8.58. The molecule has 4 rings (SSSR count). The minimum atomic E-state index is -0.107. The fourth-order valence-corrected chi connectivity index (χ4v) is 4.04. The molecule has 144 valence electrons. The molecule has 3 aromatic rings. The number of benzene rings is 1. The second-order valence-electron chi connectivity index (χ2n) is 6.59. The van der Waals surface area contributed by atoms with Crippen LogP contribution < -0.4 is 0 Å². The smallest absolute Gasteiger partial charge is 0.256 e. The molecule has 0 aliphatic carbocycles. The highest BCUT2D eigenvalue weighted by Gasteiger charge is 2.27. The molecule has 1 fully saturated rings. The van der Waals surface area contributed by atoms with Crippen LogP contribution in [0.4, 0.5) is 0 Å². The summed E-state index contributed by atoms with van der Waals surface area (Å²) in [6.45, 7) is 3.48. The number of hydrogen-bond donors (Lipinski definition) is 0. The number of amides is 1. The Morgan fingerprint density at radius 3 is 2.89 bits per heavy atom. The normalized spacial score (nSPS) is 16.9. The monoisotopic (exact) mass is 395 g/mol. The van der Waals surface area contributed by atoms with E-state index in [0.29, 0.717) is 36.0 Å². The minimum absolute atomic E-state index is 0.0174. The van der Waals surface area contributed by atoms with E-state index in [1.807, 2.05) is 54.3 Å². The van der Waals surface area contributed by atoms with E-state index in [2.05, 4.69) is 10.1 Å². The first-order valence-corrected chi connectivity index (χ1v) is 10.1. The predicted octanol–water partition coefficient (Wildman–Crippen LogP) is 3.88. The summed E-state index contributed by atoms with van der Waals surface area (Å²) in [6.07, 6.45) is 1.60. The van der Waals surface area contributed by atoms with Crippen LogP contribution >= 0.6 is 11.8 Å². The lowest BCUT2D eigenvalue weighted by Gasteiger charge is -2.33. The first kappa shape index (κ1) is 18.7. The van der Waals surface area contributed by atoms with Crippen LogP contribution in [0.25, 0.3) is 0 Å². The number of thioether (sulfide) groups is 1. The number of carbonyl (C=O) groups excluding carboxylic acids is 1. The van der Waals surface area contributed by atoms with E-state index < -0.39 is 0 Å². The molecular formula is C21H21N3O3S. The summed E-state index contributed by atoms with van der Waals surface area (Å²) in [4.78, 5) is 19.5. The van der Waals surface area contributed by atoms with Crippen molar-refractivity contribution < 1.29 is 14.1 Å². The lowest BCUT2D eigenvalue weighted by molar-refractivity contribution is -0.0229. The van der Waals surface area contributed by atoms with Gasteiger partial charge in [-0.05, 0) is 24.6 Å². The number of ether oxygens (including phenoxy) is 1. The number of nitrogens with zero attached hydrogens (tertiary/aromatic N) is 3. The molecule has 7 heteroatoms. The van der Waals surface area contributed by atoms with Crippen LogP contribution in [0.1, 0.15) is 33.5 Å². The lowest BCUT2D eigenvalue weighted by Crippen LogP contribution is -2.42. The molecule has 6 nitrogen and oxygen atoms in total. The van der Waals surface area contributed by atoms with Crippen molar-refractivity contribution in [3.8, 4) is 0 Å². The quantitative estimate of drug-likeness (QED) is 0.611. The lowest BCUT2D eigenvalue weighted by atomic mass is 10.1. The SMILES string of the molecule is Cc1cc(CSc2ncccc2C(=O)N2CCOC(c3ccccc3)C2)no1. The number of rotatable bonds is 5. The summed E-state index contributed by atoms with van der Waals surface area (Å²) in [5.41, 5.74) is 2.53. The van der Waals surface area contributed by atoms with Gasteiger partial charge in [0, 0.05) is 24.6 Å². The van der Waals surface area contributed by atoms with Crippen LogP contribution in [-0.4, -0.2) is 40.6 Å². The Hall–Kier alpha value is -2.64. The highest BCUT2D eigenvalue weighted by molar-refractivity contribution is 7.98. The number of aromatic nitrogens is 2. The zero-order valence-electron chi connectivity index (χ0n) is 15.6. The summed E-state index contributed by atoms with van der Waals surface area (Å²) < 4.78 is 11.0. The van der Waals surface area contributed by atoms with Crippen molar-refractivity contribution in [2.45, 2.75) is 23.8 Å². The van der Waals surface area contributed by atoms with E-state index in [1.54, 1.807) is 12.3 Å². The van der Waals surface area contributed by atoms with Crippen LogP contribution in [0.3, 0.4) is 0 Å². The molecule has 0 N–H and O–H groups in total. The molecule has 0 saturated carbocycles. The molecule has 1 atom stereocenters. The molecular weight excluding hydrogens is 374 g/mol. The van der Waals surface area contributed by atoms with Gasteiger partial charge in [0.1, 0.15) is 16.9 Å². The van der Waals surface area contributed by atoms with E-state index in [4.69, 9.17) is 9.26 Å². The van der Waals surface area contributed by atoms with Crippen LogP contribution in [0, 0.1) is 6.92 Å². The van der Waals surface area contributed by atoms with Crippen molar-refractivity contribution in [3.05, 3.63) is 77.3 Å². The minimum Gasteiger partial charge on any atom is -0.370 e. The number of carbonyl (C=O) groups is 1. The first-order valence-electron chi connectivity index (χ1n) is 9.16. The largest absolute Gasteiger partial charge is 0.370 e.